The molecule has 0 aliphatic rings. The number of halogens is 1. The molecule has 1 heterocycles. The summed E-state index contributed by atoms with van der Waals surface area (Å²) in [6.07, 6.45) is 3.46. The number of hydrogen-bond donors (Lipinski definition) is 0. The molecule has 3 nitrogen and oxygen atoms in total. The molecule has 15 heavy (non-hydrogen) atoms. The molecule has 0 saturated carbocycles. The highest BCUT2D eigenvalue weighted by Crippen LogP contribution is 2.18. The van der Waals surface area contributed by atoms with E-state index in [1.54, 1.807) is 12.4 Å². The lowest BCUT2D eigenvalue weighted by atomic mass is 9.96. The highest BCUT2D eigenvalue weighted by Gasteiger charge is 2.14. The molecule has 0 saturated heterocycles. The number of alkyl halides is 1. The zero-order valence-electron chi connectivity index (χ0n) is 9.79. The molecule has 0 aromatic carbocycles. The fourth-order valence-corrected chi connectivity index (χ4v) is 1.56. The predicted molar refractivity (Wildman–Crippen MR) is 64.3 cm³/mol. The quantitative estimate of drug-likeness (QED) is 0.744. The van der Waals surface area contributed by atoms with Gasteiger partial charge in [0.25, 0.3) is 0 Å². The van der Waals surface area contributed by atoms with Crippen LogP contribution in [0.4, 0.5) is 5.82 Å². The zero-order chi connectivity index (χ0) is 11.5. The predicted octanol–water partition coefficient (Wildman–Crippen LogP) is 2.70. The number of hydrogen-bond acceptors (Lipinski definition) is 3. The summed E-state index contributed by atoms with van der Waals surface area (Å²) >= 11 is 5.72. The van der Waals surface area contributed by atoms with Gasteiger partial charge in [0.1, 0.15) is 5.82 Å². The van der Waals surface area contributed by atoms with Gasteiger partial charge in [0, 0.05) is 19.8 Å². The highest BCUT2D eigenvalue weighted by atomic mass is 35.5. The second kappa shape index (κ2) is 4.79. The Morgan fingerprint density at radius 2 is 2.00 bits per heavy atom. The lowest BCUT2D eigenvalue weighted by molar-refractivity contribution is 0.417. The minimum absolute atomic E-state index is 0.243. The van der Waals surface area contributed by atoms with Crippen molar-refractivity contribution in [3.8, 4) is 0 Å². The van der Waals surface area contributed by atoms with Gasteiger partial charge >= 0.3 is 0 Å². The maximum absolute atomic E-state index is 5.72. The second-order valence-corrected chi connectivity index (χ2v) is 5.19. The van der Waals surface area contributed by atoms with Gasteiger partial charge in [0.2, 0.25) is 0 Å². The van der Waals surface area contributed by atoms with E-state index in [0.717, 1.165) is 18.1 Å². The fraction of sp³-hybridized carbons (Fsp3) is 0.636. The Morgan fingerprint density at radius 3 is 2.53 bits per heavy atom. The molecule has 1 aromatic rings. The van der Waals surface area contributed by atoms with Gasteiger partial charge in [-0.1, -0.05) is 20.8 Å². The minimum atomic E-state index is 0.243. The molecule has 4 heteroatoms. The molecule has 0 unspecified atom stereocenters. The van der Waals surface area contributed by atoms with Crippen LogP contribution < -0.4 is 4.90 Å². The Labute approximate surface area is 96.5 Å². The van der Waals surface area contributed by atoms with Crippen molar-refractivity contribution in [2.45, 2.75) is 26.7 Å². The van der Waals surface area contributed by atoms with Gasteiger partial charge in [-0.2, -0.15) is 0 Å². The largest absolute Gasteiger partial charge is 0.358 e. The molecule has 84 valence electrons. The molecule has 0 atom stereocenters. The molecule has 0 N–H and O–H groups in total. The maximum atomic E-state index is 5.72. The molecule has 0 aliphatic heterocycles. The SMILES string of the molecule is CN(CC(C)(C)C)c1cncc(CCl)n1. The summed E-state index contributed by atoms with van der Waals surface area (Å²) in [5.41, 5.74) is 1.06. The summed E-state index contributed by atoms with van der Waals surface area (Å²) < 4.78 is 0. The molecule has 1 aromatic heterocycles. The number of nitrogens with zero attached hydrogens (tertiary/aromatic N) is 3. The van der Waals surface area contributed by atoms with Crippen LogP contribution in [0.5, 0.6) is 0 Å². The van der Waals surface area contributed by atoms with Crippen molar-refractivity contribution in [2.24, 2.45) is 5.41 Å². The van der Waals surface area contributed by atoms with Crippen molar-refractivity contribution in [1.82, 2.24) is 9.97 Å². The van der Waals surface area contributed by atoms with Crippen LogP contribution in [-0.2, 0) is 5.88 Å². The molecule has 0 fully saturated rings. The van der Waals surface area contributed by atoms with E-state index in [2.05, 4.69) is 35.6 Å². The first kappa shape index (κ1) is 12.2. The van der Waals surface area contributed by atoms with E-state index < -0.39 is 0 Å². The van der Waals surface area contributed by atoms with E-state index in [9.17, 15) is 0 Å². The molecule has 0 aliphatic carbocycles. The number of rotatable bonds is 3. The van der Waals surface area contributed by atoms with Crippen molar-refractivity contribution in [2.75, 3.05) is 18.5 Å². The Balaban J connectivity index is 2.77. The minimum Gasteiger partial charge on any atom is -0.358 e. The first-order valence-electron chi connectivity index (χ1n) is 5.00. The topological polar surface area (TPSA) is 29.0 Å². The van der Waals surface area contributed by atoms with Gasteiger partial charge in [-0.05, 0) is 5.41 Å². The summed E-state index contributed by atoms with van der Waals surface area (Å²) in [6.45, 7) is 7.53. The van der Waals surface area contributed by atoms with Gasteiger partial charge in [0.05, 0.1) is 17.8 Å². The zero-order valence-corrected chi connectivity index (χ0v) is 10.5. The van der Waals surface area contributed by atoms with Crippen molar-refractivity contribution in [3.63, 3.8) is 0 Å². The van der Waals surface area contributed by atoms with E-state index in [1.165, 1.54) is 0 Å². The van der Waals surface area contributed by atoms with E-state index in [0.29, 0.717) is 5.88 Å². The first-order valence-corrected chi connectivity index (χ1v) is 5.54. The first-order chi connectivity index (χ1) is 6.92. The van der Waals surface area contributed by atoms with Gasteiger partial charge in [-0.25, -0.2) is 4.98 Å². The summed E-state index contributed by atoms with van der Waals surface area (Å²) in [5.74, 6) is 1.28. The molecular formula is C11H18ClN3. The average molecular weight is 228 g/mol. The van der Waals surface area contributed by atoms with Gasteiger partial charge in [-0.15, -0.1) is 11.6 Å². The number of anilines is 1. The third kappa shape index (κ3) is 4.04. The third-order valence-corrected chi connectivity index (χ3v) is 2.19. The molecular weight excluding hydrogens is 210 g/mol. The Morgan fingerprint density at radius 1 is 1.33 bits per heavy atom. The monoisotopic (exact) mass is 227 g/mol. The second-order valence-electron chi connectivity index (χ2n) is 4.92. The highest BCUT2D eigenvalue weighted by molar-refractivity contribution is 6.16. The van der Waals surface area contributed by atoms with Crippen molar-refractivity contribution in [3.05, 3.63) is 18.1 Å². The van der Waals surface area contributed by atoms with Crippen LogP contribution in [-0.4, -0.2) is 23.6 Å². The lowest BCUT2D eigenvalue weighted by Gasteiger charge is -2.27. The van der Waals surface area contributed by atoms with Crippen molar-refractivity contribution >= 4 is 17.4 Å². The normalized spacial score (nSPS) is 11.5. The smallest absolute Gasteiger partial charge is 0.147 e. The molecule has 0 amide bonds. The molecule has 1 rings (SSSR count). The van der Waals surface area contributed by atoms with E-state index in [1.807, 2.05) is 7.05 Å². The van der Waals surface area contributed by atoms with Crippen LogP contribution in [0.1, 0.15) is 26.5 Å². The summed E-state index contributed by atoms with van der Waals surface area (Å²) in [7, 11) is 2.02. The van der Waals surface area contributed by atoms with E-state index >= 15 is 0 Å². The van der Waals surface area contributed by atoms with E-state index in [-0.39, 0.29) is 5.41 Å². The van der Waals surface area contributed by atoms with Crippen molar-refractivity contribution < 1.29 is 0 Å². The van der Waals surface area contributed by atoms with Crippen LogP contribution in [0.15, 0.2) is 12.4 Å². The van der Waals surface area contributed by atoms with Crippen LogP contribution >= 0.6 is 11.6 Å². The fourth-order valence-electron chi connectivity index (χ4n) is 1.44. The molecule has 0 radical (unpaired) electrons. The van der Waals surface area contributed by atoms with Crippen LogP contribution in [0.2, 0.25) is 0 Å². The van der Waals surface area contributed by atoms with Crippen LogP contribution in [0.25, 0.3) is 0 Å². The van der Waals surface area contributed by atoms with E-state index in [4.69, 9.17) is 11.6 Å². The standard InChI is InChI=1S/C11H18ClN3/c1-11(2,3)8-15(4)10-7-13-6-9(5-12)14-10/h6-7H,5,8H2,1-4H3. The lowest BCUT2D eigenvalue weighted by Crippen LogP contribution is -2.29. The van der Waals surface area contributed by atoms with Crippen molar-refractivity contribution in [1.29, 1.82) is 0 Å². The van der Waals surface area contributed by atoms with Gasteiger partial charge in [-0.3, -0.25) is 4.98 Å². The third-order valence-electron chi connectivity index (χ3n) is 1.91. The Bertz CT molecular complexity index is 320. The Hall–Kier alpha value is -0.830. The van der Waals surface area contributed by atoms with Gasteiger partial charge < -0.3 is 4.90 Å². The summed E-state index contributed by atoms with van der Waals surface area (Å²) in [5, 5.41) is 0. The Kier molecular flexibility index (Phi) is 3.91. The van der Waals surface area contributed by atoms with Crippen LogP contribution in [0, 0.1) is 5.41 Å². The summed E-state index contributed by atoms with van der Waals surface area (Å²) in [6, 6.07) is 0. The number of aromatic nitrogens is 2. The molecule has 0 spiro atoms. The maximum Gasteiger partial charge on any atom is 0.147 e. The average Bonchev–Trinajstić information content (AvgIpc) is 2.15. The summed E-state index contributed by atoms with van der Waals surface area (Å²) in [4.78, 5) is 10.6. The molecule has 0 bridgehead atoms. The van der Waals surface area contributed by atoms with Gasteiger partial charge in [0.15, 0.2) is 0 Å². The van der Waals surface area contributed by atoms with Crippen LogP contribution in [0.3, 0.4) is 0 Å².